The lowest BCUT2D eigenvalue weighted by molar-refractivity contribution is 0.174. The van der Waals surface area contributed by atoms with Crippen molar-refractivity contribution in [3.8, 4) is 0 Å². The molecule has 1 heterocycles. The average Bonchev–Trinajstić information content (AvgIpc) is 2.96. The smallest absolute Gasteiger partial charge is 0.0945 e. The van der Waals surface area contributed by atoms with Gasteiger partial charge in [-0.1, -0.05) is 30.3 Å². The minimum absolute atomic E-state index is 0.421. The Bertz CT molecular complexity index is 442. The Morgan fingerprint density at radius 1 is 1.21 bits per heavy atom. The standard InChI is InChI=1S/C15H21N3O/c19-15(14-6-2-1-3-7-14)12-16-8-4-5-10-18-11-9-17-13-18/h1-3,6-7,9,11,13,15-16,19H,4-5,8,10,12H2. The molecule has 102 valence electrons. The molecule has 4 nitrogen and oxygen atoms in total. The molecule has 1 atom stereocenters. The number of nitrogens with one attached hydrogen (secondary N) is 1. The van der Waals surface area contributed by atoms with E-state index in [1.165, 1.54) is 0 Å². The Hall–Kier alpha value is -1.65. The third-order valence-corrected chi connectivity index (χ3v) is 3.10. The van der Waals surface area contributed by atoms with Crippen LogP contribution < -0.4 is 5.32 Å². The van der Waals surface area contributed by atoms with Gasteiger partial charge in [0.25, 0.3) is 0 Å². The second-order valence-electron chi connectivity index (χ2n) is 4.64. The largest absolute Gasteiger partial charge is 0.387 e. The van der Waals surface area contributed by atoms with Crippen LogP contribution in [0.25, 0.3) is 0 Å². The molecule has 0 radical (unpaired) electrons. The second kappa shape index (κ2) is 7.71. The van der Waals surface area contributed by atoms with Crippen molar-refractivity contribution in [1.29, 1.82) is 0 Å². The maximum absolute atomic E-state index is 9.95. The molecule has 1 aromatic heterocycles. The van der Waals surface area contributed by atoms with Crippen molar-refractivity contribution >= 4 is 0 Å². The van der Waals surface area contributed by atoms with Gasteiger partial charge in [-0.05, 0) is 24.9 Å². The molecule has 4 heteroatoms. The minimum Gasteiger partial charge on any atom is -0.387 e. The highest BCUT2D eigenvalue weighted by Gasteiger charge is 2.05. The van der Waals surface area contributed by atoms with Crippen LogP contribution in [0.1, 0.15) is 24.5 Å². The van der Waals surface area contributed by atoms with E-state index in [1.54, 1.807) is 6.20 Å². The summed E-state index contributed by atoms with van der Waals surface area (Å²) in [5.74, 6) is 0. The third kappa shape index (κ3) is 4.85. The molecule has 1 unspecified atom stereocenters. The molecule has 1 aromatic carbocycles. The van der Waals surface area contributed by atoms with Crippen LogP contribution in [0.3, 0.4) is 0 Å². The van der Waals surface area contributed by atoms with E-state index in [-0.39, 0.29) is 0 Å². The second-order valence-corrected chi connectivity index (χ2v) is 4.64. The number of unbranched alkanes of at least 4 members (excludes halogenated alkanes) is 1. The molecule has 19 heavy (non-hydrogen) atoms. The Labute approximate surface area is 114 Å². The predicted octanol–water partition coefficient (Wildman–Crippen LogP) is 1.99. The van der Waals surface area contributed by atoms with Crippen molar-refractivity contribution in [2.45, 2.75) is 25.5 Å². The molecule has 2 aromatic rings. The first-order valence-electron chi connectivity index (χ1n) is 6.76. The van der Waals surface area contributed by atoms with E-state index < -0.39 is 6.10 Å². The summed E-state index contributed by atoms with van der Waals surface area (Å²) in [5.41, 5.74) is 0.966. The Morgan fingerprint density at radius 3 is 2.79 bits per heavy atom. The van der Waals surface area contributed by atoms with Crippen LogP contribution >= 0.6 is 0 Å². The Kier molecular flexibility index (Phi) is 5.59. The summed E-state index contributed by atoms with van der Waals surface area (Å²) in [7, 11) is 0. The van der Waals surface area contributed by atoms with Gasteiger partial charge in [-0.2, -0.15) is 0 Å². The molecule has 0 spiro atoms. The molecular formula is C15H21N3O. The zero-order valence-corrected chi connectivity index (χ0v) is 11.1. The molecule has 0 saturated heterocycles. The van der Waals surface area contributed by atoms with Crippen molar-refractivity contribution in [3.05, 3.63) is 54.6 Å². The fraction of sp³-hybridized carbons (Fsp3) is 0.400. The molecule has 0 amide bonds. The van der Waals surface area contributed by atoms with E-state index in [0.717, 1.165) is 31.5 Å². The zero-order chi connectivity index (χ0) is 13.3. The number of aromatic nitrogens is 2. The molecule has 0 aliphatic carbocycles. The lowest BCUT2D eigenvalue weighted by atomic mass is 10.1. The number of aliphatic hydroxyl groups excluding tert-OH is 1. The quantitative estimate of drug-likeness (QED) is 0.713. The first-order chi connectivity index (χ1) is 9.36. The molecule has 2 rings (SSSR count). The van der Waals surface area contributed by atoms with Crippen molar-refractivity contribution in [2.24, 2.45) is 0 Å². The summed E-state index contributed by atoms with van der Waals surface area (Å²) < 4.78 is 2.08. The van der Waals surface area contributed by atoms with E-state index in [4.69, 9.17) is 0 Å². The molecule has 0 aliphatic rings. The fourth-order valence-corrected chi connectivity index (χ4v) is 2.00. The summed E-state index contributed by atoms with van der Waals surface area (Å²) in [6.45, 7) is 2.54. The summed E-state index contributed by atoms with van der Waals surface area (Å²) >= 11 is 0. The van der Waals surface area contributed by atoms with Gasteiger partial charge in [-0.25, -0.2) is 4.98 Å². The minimum atomic E-state index is -0.421. The summed E-state index contributed by atoms with van der Waals surface area (Å²) in [5, 5.41) is 13.2. The topological polar surface area (TPSA) is 50.1 Å². The number of aryl methyl sites for hydroxylation is 1. The van der Waals surface area contributed by atoms with E-state index in [1.807, 2.05) is 42.9 Å². The lowest BCUT2D eigenvalue weighted by Crippen LogP contribution is -2.22. The number of hydrogen-bond donors (Lipinski definition) is 2. The number of imidazole rings is 1. The van der Waals surface area contributed by atoms with Gasteiger partial charge in [0.15, 0.2) is 0 Å². The SMILES string of the molecule is OC(CNCCCCn1ccnc1)c1ccccc1. The van der Waals surface area contributed by atoms with Gasteiger partial charge in [0, 0.05) is 25.5 Å². The molecular weight excluding hydrogens is 238 g/mol. The summed E-state index contributed by atoms with van der Waals surface area (Å²) in [6.07, 6.45) is 7.41. The predicted molar refractivity (Wildman–Crippen MR) is 75.7 cm³/mol. The highest BCUT2D eigenvalue weighted by molar-refractivity contribution is 5.17. The highest BCUT2D eigenvalue weighted by Crippen LogP contribution is 2.10. The average molecular weight is 259 g/mol. The molecule has 0 saturated carbocycles. The lowest BCUT2D eigenvalue weighted by Gasteiger charge is -2.12. The number of aliphatic hydroxyl groups is 1. The fourth-order valence-electron chi connectivity index (χ4n) is 2.00. The van der Waals surface area contributed by atoms with E-state index in [0.29, 0.717) is 6.54 Å². The van der Waals surface area contributed by atoms with Gasteiger partial charge in [0.2, 0.25) is 0 Å². The van der Waals surface area contributed by atoms with Crippen LogP contribution in [-0.4, -0.2) is 27.7 Å². The van der Waals surface area contributed by atoms with Gasteiger partial charge in [0.1, 0.15) is 0 Å². The van der Waals surface area contributed by atoms with Gasteiger partial charge in [-0.3, -0.25) is 0 Å². The maximum atomic E-state index is 9.95. The van der Waals surface area contributed by atoms with Crippen LogP contribution in [-0.2, 0) is 6.54 Å². The maximum Gasteiger partial charge on any atom is 0.0945 e. The van der Waals surface area contributed by atoms with Crippen molar-refractivity contribution < 1.29 is 5.11 Å². The number of hydrogen-bond acceptors (Lipinski definition) is 3. The zero-order valence-electron chi connectivity index (χ0n) is 11.1. The Morgan fingerprint density at radius 2 is 2.05 bits per heavy atom. The van der Waals surface area contributed by atoms with E-state index in [9.17, 15) is 5.11 Å². The van der Waals surface area contributed by atoms with Crippen LogP contribution in [0.5, 0.6) is 0 Å². The molecule has 0 aliphatic heterocycles. The number of rotatable bonds is 8. The van der Waals surface area contributed by atoms with E-state index >= 15 is 0 Å². The van der Waals surface area contributed by atoms with Gasteiger partial charge in [-0.15, -0.1) is 0 Å². The first-order valence-corrected chi connectivity index (χ1v) is 6.76. The van der Waals surface area contributed by atoms with Crippen molar-refractivity contribution in [1.82, 2.24) is 14.9 Å². The van der Waals surface area contributed by atoms with Crippen LogP contribution in [0, 0.1) is 0 Å². The molecule has 2 N–H and O–H groups in total. The van der Waals surface area contributed by atoms with Gasteiger partial charge < -0.3 is 15.0 Å². The van der Waals surface area contributed by atoms with Crippen LogP contribution in [0.2, 0.25) is 0 Å². The normalized spacial score (nSPS) is 12.5. The van der Waals surface area contributed by atoms with Crippen LogP contribution in [0.15, 0.2) is 49.1 Å². The van der Waals surface area contributed by atoms with E-state index in [2.05, 4.69) is 14.9 Å². The van der Waals surface area contributed by atoms with Gasteiger partial charge >= 0.3 is 0 Å². The van der Waals surface area contributed by atoms with Gasteiger partial charge in [0.05, 0.1) is 12.4 Å². The van der Waals surface area contributed by atoms with Crippen LogP contribution in [0.4, 0.5) is 0 Å². The molecule has 0 bridgehead atoms. The monoisotopic (exact) mass is 259 g/mol. The molecule has 0 fully saturated rings. The summed E-state index contributed by atoms with van der Waals surface area (Å²) in [4.78, 5) is 4.01. The first kappa shape index (κ1) is 13.8. The summed E-state index contributed by atoms with van der Waals surface area (Å²) in [6, 6.07) is 9.75. The number of nitrogens with zero attached hydrogens (tertiary/aromatic N) is 2. The van der Waals surface area contributed by atoms with Crippen molar-refractivity contribution in [2.75, 3.05) is 13.1 Å². The highest BCUT2D eigenvalue weighted by atomic mass is 16.3. The number of benzene rings is 1. The third-order valence-electron chi connectivity index (χ3n) is 3.10. The Balaban J connectivity index is 1.54. The van der Waals surface area contributed by atoms with Crippen molar-refractivity contribution in [3.63, 3.8) is 0 Å².